The molecule has 1 aromatic carbocycles. The van der Waals surface area contributed by atoms with Crippen LogP contribution in [-0.2, 0) is 65.6 Å². The van der Waals surface area contributed by atoms with Crippen molar-refractivity contribution in [2.24, 2.45) is 51.4 Å². The first-order valence-electron chi connectivity index (χ1n) is 26.3. The molecule has 7 bridgehead atoms. The molecule has 436 valence electrons. The average Bonchev–Trinajstić information content (AvgIpc) is 4.06. The van der Waals surface area contributed by atoms with Crippen molar-refractivity contribution in [1.29, 1.82) is 0 Å². The van der Waals surface area contributed by atoms with E-state index in [9.17, 15) is 53.1 Å². The predicted molar refractivity (Wildman–Crippen MR) is 289 cm³/mol. The standard InChI is InChI=1S/C51H75N17O12/c1-22(2)14-33-47(76)66-40(24(5)6)48(77)65-34-17-28-27-10-9-25(39(23(3)4)41(49(78)64-33)67-45(74)31(11-12-36(53)69)62-43(72)29(52)18-37(54)70)15-32(27)61-42(28)68-20-26(59-21-68)16-35(50(79)80)60-38(71)19-58-44(73)30(63-46(34)75)8-7-13-57-51(55)56/h9-10,15,20-24,29-31,33-35,39-41,61H,7-8,11-14,16-19,52H2,1-6H3,(H2,53,69)(H2,54,70)(H,58,73)(H,60,71)(H,62,72)(H,63,75)(H,64,78)(H,65,77)(H,66,76)(H,67,74)(H,79,80)(H4,55,56,57). The zero-order chi connectivity index (χ0) is 59.3. The number of carboxylic acids is 1. The van der Waals surface area contributed by atoms with Gasteiger partial charge in [-0.2, -0.15) is 0 Å². The number of fused-ring (bicyclic) bond motifs is 13. The Kier molecular flexibility index (Phi) is 21.6. The second-order valence-corrected chi connectivity index (χ2v) is 21.2. The fourth-order valence-electron chi connectivity index (χ4n) is 9.58. The molecule has 29 nitrogen and oxygen atoms in total. The maximum atomic E-state index is 15.1. The summed E-state index contributed by atoms with van der Waals surface area (Å²) in [6, 6.07) is -6.60. The van der Waals surface area contributed by atoms with Gasteiger partial charge in [0.2, 0.25) is 59.1 Å². The van der Waals surface area contributed by atoms with Crippen molar-refractivity contribution in [2.75, 3.05) is 13.1 Å². The van der Waals surface area contributed by atoms with Gasteiger partial charge in [0.25, 0.3) is 0 Å². The van der Waals surface area contributed by atoms with Gasteiger partial charge >= 0.3 is 5.97 Å². The lowest BCUT2D eigenvalue weighted by Gasteiger charge is -2.33. The highest BCUT2D eigenvalue weighted by atomic mass is 16.4. The summed E-state index contributed by atoms with van der Waals surface area (Å²) in [6.45, 7) is 9.81. The topological polar surface area (TPSA) is 480 Å². The summed E-state index contributed by atoms with van der Waals surface area (Å²) >= 11 is 0. The van der Waals surface area contributed by atoms with Gasteiger partial charge in [-0.3, -0.25) is 57.5 Å². The molecule has 0 fully saturated rings. The van der Waals surface area contributed by atoms with Crippen LogP contribution in [0.2, 0.25) is 0 Å². The number of hydrogen-bond acceptors (Lipinski definition) is 14. The molecule has 5 heterocycles. The van der Waals surface area contributed by atoms with Crippen molar-refractivity contribution in [3.05, 3.63) is 47.5 Å². The number of benzene rings is 1. The summed E-state index contributed by atoms with van der Waals surface area (Å²) in [5.74, 6) is -12.4. The number of aliphatic carboxylic acids is 1. The van der Waals surface area contributed by atoms with Crippen molar-refractivity contribution in [1.82, 2.24) is 57.1 Å². The largest absolute Gasteiger partial charge is 0.480 e. The van der Waals surface area contributed by atoms with Gasteiger partial charge < -0.3 is 81.3 Å². The lowest BCUT2D eigenvalue weighted by molar-refractivity contribution is -0.141. The minimum absolute atomic E-state index is 0.0258. The zero-order valence-corrected chi connectivity index (χ0v) is 45.6. The number of H-pyrrole nitrogens is 1. The predicted octanol–water partition coefficient (Wildman–Crippen LogP) is -3.98. The Bertz CT molecular complexity index is 2860. The number of nitrogens with one attached hydrogen (secondary N) is 9. The average molecular weight is 1120 g/mol. The van der Waals surface area contributed by atoms with E-state index >= 15 is 4.79 Å². The number of imidazole rings is 1. The van der Waals surface area contributed by atoms with Crippen LogP contribution in [0, 0.1) is 17.8 Å². The third-order valence-electron chi connectivity index (χ3n) is 13.6. The minimum Gasteiger partial charge on any atom is -0.480 e. The van der Waals surface area contributed by atoms with E-state index in [1.807, 2.05) is 0 Å². The molecular weight excluding hydrogens is 1040 g/mol. The Balaban J connectivity index is 1.78. The van der Waals surface area contributed by atoms with Crippen LogP contribution in [0.4, 0.5) is 0 Å². The van der Waals surface area contributed by atoms with Crippen LogP contribution in [0.5, 0.6) is 0 Å². The zero-order valence-electron chi connectivity index (χ0n) is 45.6. The molecule has 0 saturated heterocycles. The first-order chi connectivity index (χ1) is 37.6. The van der Waals surface area contributed by atoms with Crippen molar-refractivity contribution in [3.63, 3.8) is 0 Å². The van der Waals surface area contributed by atoms with Crippen LogP contribution in [0.3, 0.4) is 0 Å². The molecular formula is C51H75N17O12. The fourth-order valence-corrected chi connectivity index (χ4v) is 9.58. The summed E-state index contributed by atoms with van der Waals surface area (Å²) < 4.78 is 1.52. The van der Waals surface area contributed by atoms with Gasteiger partial charge in [0.1, 0.15) is 54.4 Å². The normalized spacial score (nSPS) is 22.2. The molecule has 3 aromatic rings. The number of rotatable bonds is 18. The Labute approximate surface area is 460 Å². The van der Waals surface area contributed by atoms with Gasteiger partial charge in [0.15, 0.2) is 5.96 Å². The Morgan fingerprint density at radius 1 is 0.812 bits per heavy atom. The van der Waals surface area contributed by atoms with Crippen LogP contribution in [0.25, 0.3) is 16.7 Å². The number of nitrogens with two attached hydrogens (primary N) is 5. The van der Waals surface area contributed by atoms with Crippen molar-refractivity contribution >= 4 is 81.9 Å². The number of amides is 10. The van der Waals surface area contributed by atoms with E-state index in [0.717, 1.165) is 0 Å². The van der Waals surface area contributed by atoms with E-state index in [4.69, 9.17) is 28.7 Å². The molecule has 10 amide bonds. The molecule has 0 aliphatic carbocycles. The first-order valence-corrected chi connectivity index (χ1v) is 26.3. The quantitative estimate of drug-likeness (QED) is 0.0250. The molecule has 0 radical (unpaired) electrons. The molecule has 3 aliphatic heterocycles. The third kappa shape index (κ3) is 16.9. The van der Waals surface area contributed by atoms with Crippen LogP contribution in [-0.4, -0.2) is 152 Å². The molecule has 0 spiro atoms. The maximum absolute atomic E-state index is 15.1. The molecule has 9 unspecified atom stereocenters. The van der Waals surface area contributed by atoms with Gasteiger partial charge in [-0.25, -0.2) is 9.78 Å². The second kappa shape index (κ2) is 27.8. The lowest BCUT2D eigenvalue weighted by atomic mass is 9.81. The summed E-state index contributed by atoms with van der Waals surface area (Å²) in [5.41, 5.74) is 29.1. The van der Waals surface area contributed by atoms with Gasteiger partial charge in [0, 0.05) is 54.4 Å². The summed E-state index contributed by atoms with van der Waals surface area (Å²) in [4.78, 5) is 162. The Morgan fingerprint density at radius 2 is 1.51 bits per heavy atom. The number of carbonyl (C=O) groups is 11. The minimum atomic E-state index is -1.55. The highest BCUT2D eigenvalue weighted by Crippen LogP contribution is 2.35. The Hall–Kier alpha value is -8.63. The smallest absolute Gasteiger partial charge is 0.326 e. The van der Waals surface area contributed by atoms with E-state index in [-0.39, 0.29) is 68.5 Å². The highest BCUT2D eigenvalue weighted by molar-refractivity contribution is 5.99. The third-order valence-corrected chi connectivity index (χ3v) is 13.6. The number of carbonyl (C=O) groups excluding carboxylic acids is 10. The molecule has 0 saturated carbocycles. The second-order valence-electron chi connectivity index (χ2n) is 21.2. The molecule has 20 N–H and O–H groups in total. The number of guanidine groups is 1. The van der Waals surface area contributed by atoms with Gasteiger partial charge in [-0.1, -0.05) is 53.7 Å². The van der Waals surface area contributed by atoms with Crippen molar-refractivity contribution < 1.29 is 57.8 Å². The number of carboxylic acid groups (broad SMARTS) is 1. The number of primary amides is 2. The maximum Gasteiger partial charge on any atom is 0.326 e. The summed E-state index contributed by atoms with van der Waals surface area (Å²) in [5, 5.41) is 31.8. The van der Waals surface area contributed by atoms with E-state index in [1.54, 1.807) is 59.7 Å². The Morgan fingerprint density at radius 3 is 2.14 bits per heavy atom. The molecule has 6 rings (SSSR count). The van der Waals surface area contributed by atoms with Crippen LogP contribution in [0.15, 0.2) is 35.7 Å². The summed E-state index contributed by atoms with van der Waals surface area (Å²) in [6.07, 6.45) is 1.01. The van der Waals surface area contributed by atoms with Crippen LogP contribution < -0.4 is 71.2 Å². The van der Waals surface area contributed by atoms with Crippen LogP contribution >= 0.6 is 0 Å². The molecule has 3 aliphatic rings. The van der Waals surface area contributed by atoms with Crippen LogP contribution in [0.1, 0.15) is 103 Å². The fraction of sp³-hybridized carbons (Fsp3) is 0.549. The van der Waals surface area contributed by atoms with E-state index in [2.05, 4.69) is 57.5 Å². The molecule has 9 atom stereocenters. The van der Waals surface area contributed by atoms with E-state index in [1.165, 1.54) is 17.1 Å². The molecule has 2 aromatic heterocycles. The number of aromatic amines is 1. The van der Waals surface area contributed by atoms with Crippen molar-refractivity contribution in [2.45, 2.75) is 147 Å². The number of aromatic nitrogens is 3. The first kappa shape index (κ1) is 62.2. The van der Waals surface area contributed by atoms with Gasteiger partial charge in [-0.05, 0) is 55.1 Å². The number of aliphatic imine (C=N–C) groups is 1. The molecule has 29 heteroatoms. The molecule has 80 heavy (non-hydrogen) atoms. The summed E-state index contributed by atoms with van der Waals surface area (Å²) in [7, 11) is 0. The number of hydrogen-bond donors (Lipinski definition) is 15. The van der Waals surface area contributed by atoms with Gasteiger partial charge in [-0.15, -0.1) is 0 Å². The van der Waals surface area contributed by atoms with Crippen molar-refractivity contribution in [3.8, 4) is 5.82 Å². The SMILES string of the molecule is CC(C)CC1NC(=O)C(NC(=O)C(CCC(N)=O)NC(=O)C(N)CC(N)=O)C(C(C)C)c2ccc3c4c([nH]c3c2)-n2cnc(c2)CC(C(=O)O)NC(=O)CNC(=O)C(CCCN=C(N)N)NC(=O)C(C4)NC(=O)C(C(C)C)NC1=O. The lowest BCUT2D eigenvalue weighted by Crippen LogP contribution is -2.62. The number of nitrogens with zero attached hydrogens (tertiary/aromatic N) is 3. The van der Waals surface area contributed by atoms with E-state index < -0.39 is 151 Å². The monoisotopic (exact) mass is 1120 g/mol. The van der Waals surface area contributed by atoms with E-state index in [0.29, 0.717) is 22.0 Å². The highest BCUT2D eigenvalue weighted by Gasteiger charge is 2.40. The van der Waals surface area contributed by atoms with Gasteiger partial charge in [0.05, 0.1) is 24.7 Å².